The molecule has 2 N–H and O–H groups in total. The second-order valence-corrected chi connectivity index (χ2v) is 8.07. The average molecular weight is 450 g/mol. The molecule has 4 heterocycles. The highest BCUT2D eigenvalue weighted by Crippen LogP contribution is 2.24. The van der Waals surface area contributed by atoms with Crippen molar-refractivity contribution in [2.75, 3.05) is 5.73 Å². The monoisotopic (exact) mass is 449 g/mol. The van der Waals surface area contributed by atoms with Crippen LogP contribution in [-0.4, -0.2) is 29.3 Å². The van der Waals surface area contributed by atoms with E-state index in [9.17, 15) is 4.79 Å². The van der Waals surface area contributed by atoms with Gasteiger partial charge in [-0.25, -0.2) is 14.6 Å². The lowest BCUT2D eigenvalue weighted by molar-refractivity contribution is 0.667. The third kappa shape index (κ3) is 3.48. The van der Waals surface area contributed by atoms with E-state index < -0.39 is 0 Å². The van der Waals surface area contributed by atoms with Crippen molar-refractivity contribution in [2.45, 2.75) is 33.7 Å². The van der Waals surface area contributed by atoms with Crippen molar-refractivity contribution in [2.24, 2.45) is 0 Å². The molecule has 0 aliphatic heterocycles. The summed E-state index contributed by atoms with van der Waals surface area (Å²) in [4.78, 5) is 26.8. The standard InChI is InChI=1S/C26H23N7O/c1-4-5-9-19-23-24(27)29-15-30-25(23)32(31-19)14-18-13-20-22(17(3)11-12-28-20)26(34)33(18)21-10-7-6-8-16(21)2/h6-8,10-13,15H,4,14H2,1-3H3,(H2,27,29,30). The van der Waals surface area contributed by atoms with Gasteiger partial charge >= 0.3 is 0 Å². The largest absolute Gasteiger partial charge is 0.383 e. The highest BCUT2D eigenvalue weighted by atomic mass is 16.1. The maximum Gasteiger partial charge on any atom is 0.265 e. The zero-order chi connectivity index (χ0) is 23.8. The molecule has 4 aromatic heterocycles. The van der Waals surface area contributed by atoms with Gasteiger partial charge in [0, 0.05) is 12.6 Å². The Kier molecular flexibility index (Phi) is 5.30. The molecule has 0 saturated carbocycles. The topological polar surface area (TPSA) is 105 Å². The molecule has 0 bridgehead atoms. The average Bonchev–Trinajstić information content (AvgIpc) is 3.17. The van der Waals surface area contributed by atoms with Crippen LogP contribution in [0.2, 0.25) is 0 Å². The molecule has 5 rings (SSSR count). The number of pyridine rings is 2. The van der Waals surface area contributed by atoms with E-state index in [0.29, 0.717) is 39.9 Å². The van der Waals surface area contributed by atoms with E-state index in [-0.39, 0.29) is 12.1 Å². The van der Waals surface area contributed by atoms with Crippen LogP contribution in [0.4, 0.5) is 5.82 Å². The second kappa shape index (κ2) is 8.45. The van der Waals surface area contributed by atoms with E-state index in [1.54, 1.807) is 15.4 Å². The first-order valence-electron chi connectivity index (χ1n) is 11.0. The van der Waals surface area contributed by atoms with Crippen molar-refractivity contribution in [3.8, 4) is 17.5 Å². The minimum absolute atomic E-state index is 0.121. The molecule has 0 spiro atoms. The van der Waals surface area contributed by atoms with Gasteiger partial charge in [-0.2, -0.15) is 5.10 Å². The van der Waals surface area contributed by atoms with Gasteiger partial charge in [0.1, 0.15) is 17.8 Å². The molecule has 0 saturated heterocycles. The van der Waals surface area contributed by atoms with Gasteiger partial charge in [-0.05, 0) is 49.1 Å². The molecule has 0 radical (unpaired) electrons. The van der Waals surface area contributed by atoms with Crippen molar-refractivity contribution >= 4 is 27.8 Å². The lowest BCUT2D eigenvalue weighted by Crippen LogP contribution is -2.25. The molecule has 168 valence electrons. The van der Waals surface area contributed by atoms with Gasteiger partial charge in [0.05, 0.1) is 34.2 Å². The summed E-state index contributed by atoms with van der Waals surface area (Å²) in [6.07, 6.45) is 3.81. The molecule has 0 unspecified atom stereocenters. The summed E-state index contributed by atoms with van der Waals surface area (Å²) < 4.78 is 3.46. The molecule has 5 aromatic rings. The van der Waals surface area contributed by atoms with Gasteiger partial charge < -0.3 is 5.73 Å². The molecule has 0 aliphatic carbocycles. The fourth-order valence-corrected chi connectivity index (χ4v) is 4.18. The first kappa shape index (κ1) is 21.3. The Hall–Kier alpha value is -4.51. The summed E-state index contributed by atoms with van der Waals surface area (Å²) >= 11 is 0. The Morgan fingerprint density at radius 3 is 2.65 bits per heavy atom. The smallest absolute Gasteiger partial charge is 0.265 e. The Morgan fingerprint density at radius 1 is 1.03 bits per heavy atom. The first-order chi connectivity index (χ1) is 16.5. The molecule has 34 heavy (non-hydrogen) atoms. The maximum atomic E-state index is 13.8. The number of aryl methyl sites for hydroxylation is 2. The number of hydrogen-bond donors (Lipinski definition) is 1. The Balaban J connectivity index is 1.80. The van der Waals surface area contributed by atoms with Crippen LogP contribution in [0.3, 0.4) is 0 Å². The zero-order valence-corrected chi connectivity index (χ0v) is 19.2. The summed E-state index contributed by atoms with van der Waals surface area (Å²) in [6, 6.07) is 11.6. The van der Waals surface area contributed by atoms with Crippen LogP contribution in [0.25, 0.3) is 27.6 Å². The van der Waals surface area contributed by atoms with E-state index >= 15 is 0 Å². The summed E-state index contributed by atoms with van der Waals surface area (Å²) in [5.74, 6) is 6.43. The Labute approximate surface area is 196 Å². The van der Waals surface area contributed by atoms with Crippen LogP contribution in [0, 0.1) is 25.7 Å². The van der Waals surface area contributed by atoms with Gasteiger partial charge in [0.25, 0.3) is 5.56 Å². The fourth-order valence-electron chi connectivity index (χ4n) is 4.18. The van der Waals surface area contributed by atoms with Gasteiger partial charge in [-0.3, -0.25) is 14.3 Å². The highest BCUT2D eigenvalue weighted by molar-refractivity contribution is 5.90. The van der Waals surface area contributed by atoms with Crippen LogP contribution >= 0.6 is 0 Å². The molecule has 0 aliphatic rings. The predicted molar refractivity (Wildman–Crippen MR) is 133 cm³/mol. The van der Waals surface area contributed by atoms with Gasteiger partial charge in [0.2, 0.25) is 0 Å². The molecule has 8 heteroatoms. The van der Waals surface area contributed by atoms with Gasteiger partial charge in [0.15, 0.2) is 5.65 Å². The summed E-state index contributed by atoms with van der Waals surface area (Å²) in [5, 5.41) is 5.90. The Morgan fingerprint density at radius 2 is 1.85 bits per heavy atom. The van der Waals surface area contributed by atoms with E-state index in [4.69, 9.17) is 10.8 Å². The Bertz CT molecular complexity index is 1690. The minimum Gasteiger partial charge on any atom is -0.383 e. The lowest BCUT2D eigenvalue weighted by atomic mass is 10.1. The van der Waals surface area contributed by atoms with Crippen molar-refractivity contribution in [3.05, 3.63) is 81.8 Å². The number of hydrogen-bond acceptors (Lipinski definition) is 6. The zero-order valence-electron chi connectivity index (χ0n) is 19.2. The number of anilines is 1. The summed E-state index contributed by atoms with van der Waals surface area (Å²) in [6.45, 7) is 6.15. The van der Waals surface area contributed by atoms with E-state index in [1.807, 2.05) is 57.2 Å². The molecular weight excluding hydrogens is 426 g/mol. The van der Waals surface area contributed by atoms with Crippen molar-refractivity contribution in [3.63, 3.8) is 0 Å². The van der Waals surface area contributed by atoms with Crippen molar-refractivity contribution in [1.82, 2.24) is 29.3 Å². The summed E-state index contributed by atoms with van der Waals surface area (Å²) in [5.41, 5.74) is 11.2. The van der Waals surface area contributed by atoms with Crippen LogP contribution in [0.15, 0.2) is 53.7 Å². The molecule has 8 nitrogen and oxygen atoms in total. The molecular formula is C26H23N7O. The van der Waals surface area contributed by atoms with Crippen LogP contribution in [-0.2, 0) is 6.54 Å². The predicted octanol–water partition coefficient (Wildman–Crippen LogP) is 3.53. The number of nitrogen functional groups attached to an aromatic ring is 1. The highest BCUT2D eigenvalue weighted by Gasteiger charge is 2.19. The van der Waals surface area contributed by atoms with E-state index in [1.165, 1.54) is 6.33 Å². The SMILES string of the molecule is CCC#Cc1nn(Cc2cc3nccc(C)c3c(=O)n2-c2ccccc2C)c2ncnc(N)c12. The number of fused-ring (bicyclic) bond motifs is 2. The third-order valence-corrected chi connectivity index (χ3v) is 5.81. The van der Waals surface area contributed by atoms with Gasteiger partial charge in [-0.1, -0.05) is 31.0 Å². The van der Waals surface area contributed by atoms with Gasteiger partial charge in [-0.15, -0.1) is 0 Å². The first-order valence-corrected chi connectivity index (χ1v) is 11.0. The second-order valence-electron chi connectivity index (χ2n) is 8.07. The maximum absolute atomic E-state index is 13.8. The third-order valence-electron chi connectivity index (χ3n) is 5.81. The number of nitrogens with zero attached hydrogens (tertiary/aromatic N) is 6. The quantitative estimate of drug-likeness (QED) is 0.423. The number of benzene rings is 1. The van der Waals surface area contributed by atoms with Crippen LogP contribution in [0.1, 0.15) is 35.9 Å². The van der Waals surface area contributed by atoms with Crippen LogP contribution in [0.5, 0.6) is 0 Å². The van der Waals surface area contributed by atoms with E-state index in [0.717, 1.165) is 22.5 Å². The number of aromatic nitrogens is 6. The number of rotatable bonds is 3. The van der Waals surface area contributed by atoms with E-state index in [2.05, 4.69) is 26.8 Å². The lowest BCUT2D eigenvalue weighted by Gasteiger charge is -2.17. The molecule has 1 aromatic carbocycles. The van der Waals surface area contributed by atoms with Crippen LogP contribution < -0.4 is 11.3 Å². The van der Waals surface area contributed by atoms with Crippen molar-refractivity contribution < 1.29 is 0 Å². The molecule has 0 atom stereocenters. The normalized spacial score (nSPS) is 11.0. The molecule has 0 amide bonds. The fraction of sp³-hybridized carbons (Fsp3) is 0.192. The minimum atomic E-state index is -0.121. The van der Waals surface area contributed by atoms with Crippen molar-refractivity contribution in [1.29, 1.82) is 0 Å². The number of nitrogens with two attached hydrogens (primary N) is 1. The number of para-hydroxylation sites is 1. The molecule has 0 fully saturated rings. The summed E-state index contributed by atoms with van der Waals surface area (Å²) in [7, 11) is 0.